The summed E-state index contributed by atoms with van der Waals surface area (Å²) in [6.45, 7) is 5.71. The number of carbonyl (C=O) groups excluding carboxylic acids is 1. The molecule has 1 amide bonds. The van der Waals surface area contributed by atoms with Crippen molar-refractivity contribution in [1.29, 1.82) is 0 Å². The Hall–Kier alpha value is -2.54. The molecule has 122 valence electrons. The van der Waals surface area contributed by atoms with Crippen molar-refractivity contribution in [2.45, 2.75) is 26.9 Å². The molecule has 0 fully saturated rings. The number of hydrogen-bond donors (Lipinski definition) is 0. The molecule has 0 unspecified atom stereocenters. The van der Waals surface area contributed by atoms with Gasteiger partial charge in [0.15, 0.2) is 5.82 Å². The van der Waals surface area contributed by atoms with E-state index in [2.05, 4.69) is 25.1 Å². The van der Waals surface area contributed by atoms with E-state index in [1.165, 1.54) is 0 Å². The highest BCUT2D eigenvalue weighted by atomic mass is 32.1. The molecule has 0 radical (unpaired) electrons. The van der Waals surface area contributed by atoms with Crippen molar-refractivity contribution in [3.8, 4) is 11.3 Å². The lowest BCUT2D eigenvalue weighted by molar-refractivity contribution is 0.0705. The second-order valence-corrected chi connectivity index (χ2v) is 6.66. The van der Waals surface area contributed by atoms with Crippen molar-refractivity contribution in [2.75, 3.05) is 6.54 Å². The van der Waals surface area contributed by atoms with Crippen LogP contribution in [0.5, 0.6) is 0 Å². The molecular weight excluding hydrogens is 322 g/mol. The minimum Gasteiger partial charge on any atom is -0.329 e. The predicted molar refractivity (Wildman–Crippen MR) is 91.8 cm³/mol. The van der Waals surface area contributed by atoms with Crippen LogP contribution in [0.1, 0.15) is 27.7 Å². The van der Waals surface area contributed by atoms with Gasteiger partial charge in [-0.05, 0) is 37.4 Å². The second-order valence-electron chi connectivity index (χ2n) is 5.88. The van der Waals surface area contributed by atoms with Gasteiger partial charge in [0.25, 0.3) is 5.91 Å². The van der Waals surface area contributed by atoms with Gasteiger partial charge in [0.1, 0.15) is 5.82 Å². The van der Waals surface area contributed by atoms with Crippen LogP contribution in [0.2, 0.25) is 0 Å². The largest absolute Gasteiger partial charge is 0.329 e. The third-order valence-electron chi connectivity index (χ3n) is 4.36. The molecule has 0 aliphatic carbocycles. The van der Waals surface area contributed by atoms with Crippen LogP contribution in [0, 0.1) is 13.8 Å². The summed E-state index contributed by atoms with van der Waals surface area (Å²) in [5.41, 5.74) is 3.40. The van der Waals surface area contributed by atoms with E-state index in [4.69, 9.17) is 0 Å². The number of pyridine rings is 1. The van der Waals surface area contributed by atoms with Gasteiger partial charge in [0, 0.05) is 24.0 Å². The monoisotopic (exact) mass is 339 g/mol. The maximum absolute atomic E-state index is 12.9. The van der Waals surface area contributed by atoms with Crippen LogP contribution in [-0.4, -0.2) is 37.1 Å². The molecule has 6 nitrogen and oxygen atoms in total. The molecule has 1 aliphatic rings. The van der Waals surface area contributed by atoms with Gasteiger partial charge in [-0.15, -0.1) is 10.2 Å². The Labute approximate surface area is 143 Å². The van der Waals surface area contributed by atoms with E-state index in [9.17, 15) is 4.79 Å². The van der Waals surface area contributed by atoms with Crippen LogP contribution >= 0.6 is 11.3 Å². The van der Waals surface area contributed by atoms with Crippen molar-refractivity contribution in [2.24, 2.45) is 0 Å². The summed E-state index contributed by atoms with van der Waals surface area (Å²) < 4.78 is 2.06. The summed E-state index contributed by atoms with van der Waals surface area (Å²) in [6, 6.07) is 5.83. The number of nitrogens with zero attached hydrogens (tertiary/aromatic N) is 5. The van der Waals surface area contributed by atoms with Crippen molar-refractivity contribution in [3.05, 3.63) is 51.9 Å². The number of hydrogen-bond acceptors (Lipinski definition) is 5. The van der Waals surface area contributed by atoms with E-state index in [0.29, 0.717) is 18.7 Å². The highest BCUT2D eigenvalue weighted by Crippen LogP contribution is 2.23. The number of carbonyl (C=O) groups is 1. The highest BCUT2D eigenvalue weighted by Gasteiger charge is 2.25. The molecule has 4 heterocycles. The highest BCUT2D eigenvalue weighted by molar-refractivity contribution is 7.08. The zero-order valence-electron chi connectivity index (χ0n) is 13.6. The molecule has 0 spiro atoms. The molecule has 0 saturated heterocycles. The van der Waals surface area contributed by atoms with Gasteiger partial charge in [0.05, 0.1) is 23.5 Å². The third kappa shape index (κ3) is 2.50. The minimum absolute atomic E-state index is 0.00349. The molecule has 3 aromatic heterocycles. The lowest BCUT2D eigenvalue weighted by Gasteiger charge is -2.28. The fourth-order valence-electron chi connectivity index (χ4n) is 3.00. The summed E-state index contributed by atoms with van der Waals surface area (Å²) in [5, 5.41) is 12.3. The fourth-order valence-corrected chi connectivity index (χ4v) is 3.65. The summed E-state index contributed by atoms with van der Waals surface area (Å²) >= 11 is 1.64. The number of rotatable bonds is 2. The topological polar surface area (TPSA) is 63.9 Å². The Bertz CT molecular complexity index is 900. The Morgan fingerprint density at radius 3 is 2.79 bits per heavy atom. The van der Waals surface area contributed by atoms with Gasteiger partial charge < -0.3 is 9.47 Å². The van der Waals surface area contributed by atoms with E-state index in [1.54, 1.807) is 11.3 Å². The molecule has 1 aliphatic heterocycles. The van der Waals surface area contributed by atoms with Crippen molar-refractivity contribution in [1.82, 2.24) is 24.6 Å². The molecule has 0 N–H and O–H groups in total. The maximum Gasteiger partial charge on any atom is 0.256 e. The number of fused-ring (bicyclic) bond motifs is 1. The number of thiophene rings is 1. The number of aromatic nitrogens is 4. The average molecular weight is 339 g/mol. The zero-order valence-corrected chi connectivity index (χ0v) is 14.4. The molecule has 24 heavy (non-hydrogen) atoms. The minimum atomic E-state index is 0.00349. The summed E-state index contributed by atoms with van der Waals surface area (Å²) in [4.78, 5) is 19.3. The summed E-state index contributed by atoms with van der Waals surface area (Å²) in [7, 11) is 0. The van der Waals surface area contributed by atoms with Gasteiger partial charge >= 0.3 is 0 Å². The van der Waals surface area contributed by atoms with Crippen molar-refractivity contribution < 1.29 is 4.79 Å². The second kappa shape index (κ2) is 5.83. The molecule has 4 rings (SSSR count). The first kappa shape index (κ1) is 15.0. The van der Waals surface area contributed by atoms with Crippen LogP contribution < -0.4 is 0 Å². The van der Waals surface area contributed by atoms with E-state index < -0.39 is 0 Å². The molecule has 7 heteroatoms. The fraction of sp³-hybridized carbons (Fsp3) is 0.294. The predicted octanol–water partition coefficient (Wildman–Crippen LogP) is 2.67. The molecule has 0 bridgehead atoms. The van der Waals surface area contributed by atoms with E-state index >= 15 is 0 Å². The molecule has 0 atom stereocenters. The summed E-state index contributed by atoms with van der Waals surface area (Å²) in [6.07, 6.45) is 0. The molecule has 0 saturated carbocycles. The van der Waals surface area contributed by atoms with E-state index in [-0.39, 0.29) is 5.91 Å². The van der Waals surface area contributed by atoms with Gasteiger partial charge in [-0.2, -0.15) is 11.3 Å². The molecule has 3 aromatic rings. The van der Waals surface area contributed by atoms with Gasteiger partial charge in [-0.1, -0.05) is 0 Å². The van der Waals surface area contributed by atoms with Crippen LogP contribution in [0.3, 0.4) is 0 Å². The average Bonchev–Trinajstić information content (AvgIpc) is 3.24. The van der Waals surface area contributed by atoms with Gasteiger partial charge in [-0.3, -0.25) is 9.78 Å². The van der Waals surface area contributed by atoms with Crippen molar-refractivity contribution in [3.63, 3.8) is 0 Å². The van der Waals surface area contributed by atoms with Crippen LogP contribution in [0.15, 0.2) is 29.0 Å². The Balaban J connectivity index is 1.59. The first-order valence-electron chi connectivity index (χ1n) is 7.81. The molecule has 0 aromatic carbocycles. The first-order valence-corrected chi connectivity index (χ1v) is 8.76. The standard InChI is InChI=1S/C17H17N5OS/c1-11-14(3-4-15(18-11)13-5-8-24-10-13)17(23)21-6-7-22-12(2)19-20-16(22)9-21/h3-5,8,10H,6-7,9H2,1-2H3. The van der Waals surface area contributed by atoms with Crippen LogP contribution in [0.4, 0.5) is 0 Å². The van der Waals surface area contributed by atoms with E-state index in [1.807, 2.05) is 42.3 Å². The lowest BCUT2D eigenvalue weighted by Crippen LogP contribution is -2.39. The Kier molecular flexibility index (Phi) is 3.65. The van der Waals surface area contributed by atoms with E-state index in [0.717, 1.165) is 35.1 Å². The Morgan fingerprint density at radius 2 is 2.04 bits per heavy atom. The number of aryl methyl sites for hydroxylation is 2. The quantitative estimate of drug-likeness (QED) is 0.720. The SMILES string of the molecule is Cc1nc(-c2ccsc2)ccc1C(=O)N1CCn2c(C)nnc2C1. The lowest BCUT2D eigenvalue weighted by atomic mass is 10.1. The third-order valence-corrected chi connectivity index (χ3v) is 5.04. The molecular formula is C17H17N5OS. The van der Waals surface area contributed by atoms with Gasteiger partial charge in [-0.25, -0.2) is 0 Å². The van der Waals surface area contributed by atoms with Gasteiger partial charge in [0.2, 0.25) is 0 Å². The normalized spacial score (nSPS) is 13.8. The van der Waals surface area contributed by atoms with Crippen LogP contribution in [0.25, 0.3) is 11.3 Å². The van der Waals surface area contributed by atoms with Crippen LogP contribution in [-0.2, 0) is 13.1 Å². The smallest absolute Gasteiger partial charge is 0.256 e. The summed E-state index contributed by atoms with van der Waals surface area (Å²) in [5.74, 6) is 1.74. The zero-order chi connectivity index (χ0) is 16.7. The number of amides is 1. The maximum atomic E-state index is 12.9. The Morgan fingerprint density at radius 1 is 1.17 bits per heavy atom. The first-order chi connectivity index (χ1) is 11.6. The van der Waals surface area contributed by atoms with Crippen molar-refractivity contribution >= 4 is 17.2 Å².